The fourth-order valence-electron chi connectivity index (χ4n) is 1.80. The lowest BCUT2D eigenvalue weighted by atomic mass is 10.1. The van der Waals surface area contributed by atoms with E-state index >= 15 is 0 Å². The second-order valence-corrected chi connectivity index (χ2v) is 6.70. The topological polar surface area (TPSA) is 55.4 Å². The second-order valence-electron chi connectivity index (χ2n) is 4.61. The molecule has 0 aromatic heterocycles. The third-order valence-corrected chi connectivity index (χ3v) is 4.42. The molecular formula is C16H19NO3S. The summed E-state index contributed by atoms with van der Waals surface area (Å²) < 4.78 is 30.9. The average Bonchev–Trinajstić information content (AvgIpc) is 2.50. The number of sulfonamides is 1. The van der Waals surface area contributed by atoms with Gasteiger partial charge in [0.15, 0.2) is 0 Å². The smallest absolute Gasteiger partial charge is 0.211 e. The van der Waals surface area contributed by atoms with Crippen molar-refractivity contribution >= 4 is 10.0 Å². The third-order valence-electron chi connectivity index (χ3n) is 3.02. The first kappa shape index (κ1) is 15.5. The van der Waals surface area contributed by atoms with Gasteiger partial charge in [0.05, 0.1) is 5.75 Å². The Balaban J connectivity index is 1.87. The Morgan fingerprint density at radius 2 is 1.57 bits per heavy atom. The van der Waals surface area contributed by atoms with E-state index in [0.717, 1.165) is 17.1 Å². The van der Waals surface area contributed by atoms with Crippen molar-refractivity contribution in [2.75, 3.05) is 12.3 Å². The first-order valence-electron chi connectivity index (χ1n) is 6.88. The van der Waals surface area contributed by atoms with Crippen molar-refractivity contribution in [3.63, 3.8) is 0 Å². The van der Waals surface area contributed by atoms with E-state index < -0.39 is 10.0 Å². The van der Waals surface area contributed by atoms with E-state index in [2.05, 4.69) is 4.72 Å². The summed E-state index contributed by atoms with van der Waals surface area (Å²) in [5.74, 6) is 1.66. The van der Waals surface area contributed by atoms with Gasteiger partial charge in [-0.15, -0.1) is 0 Å². The van der Waals surface area contributed by atoms with Crippen molar-refractivity contribution in [3.05, 3.63) is 60.2 Å². The molecule has 112 valence electrons. The molecule has 0 aliphatic heterocycles. The van der Waals surface area contributed by atoms with Gasteiger partial charge < -0.3 is 4.74 Å². The second kappa shape index (κ2) is 7.24. The summed E-state index contributed by atoms with van der Waals surface area (Å²) in [6, 6.07) is 17.2. The van der Waals surface area contributed by atoms with Crippen molar-refractivity contribution in [1.82, 2.24) is 4.72 Å². The van der Waals surface area contributed by atoms with Crippen LogP contribution in [0, 0.1) is 0 Å². The van der Waals surface area contributed by atoms with Crippen molar-refractivity contribution in [2.45, 2.75) is 13.3 Å². The fraction of sp³-hybridized carbons (Fsp3) is 0.250. The summed E-state index contributed by atoms with van der Waals surface area (Å²) in [5.41, 5.74) is 1.06. The lowest BCUT2D eigenvalue weighted by molar-refractivity contribution is 0.482. The van der Waals surface area contributed by atoms with Gasteiger partial charge in [-0.2, -0.15) is 0 Å². The normalized spacial score (nSPS) is 11.3. The van der Waals surface area contributed by atoms with Crippen LogP contribution in [0.25, 0.3) is 0 Å². The molecule has 0 atom stereocenters. The Morgan fingerprint density at radius 1 is 0.952 bits per heavy atom. The van der Waals surface area contributed by atoms with Crippen LogP contribution >= 0.6 is 0 Å². The molecule has 2 aromatic carbocycles. The molecule has 0 saturated heterocycles. The lowest BCUT2D eigenvalue weighted by Gasteiger charge is -2.07. The number of para-hydroxylation sites is 1. The van der Waals surface area contributed by atoms with Gasteiger partial charge in [0.2, 0.25) is 10.0 Å². The van der Waals surface area contributed by atoms with Gasteiger partial charge >= 0.3 is 0 Å². The molecular weight excluding hydrogens is 286 g/mol. The van der Waals surface area contributed by atoms with E-state index in [1.807, 2.05) is 54.6 Å². The van der Waals surface area contributed by atoms with Gasteiger partial charge in [0.1, 0.15) is 11.5 Å². The predicted octanol–water partition coefficient (Wildman–Crippen LogP) is 2.96. The molecule has 5 heteroatoms. The Bertz CT molecular complexity index is 652. The standard InChI is InChI=1S/C16H19NO3S/c1-2-21(18,19)17-13-12-14-8-10-16(11-9-14)20-15-6-4-3-5-7-15/h3-11,17H,2,12-13H2,1H3. The molecule has 0 radical (unpaired) electrons. The first-order valence-corrected chi connectivity index (χ1v) is 8.53. The third kappa shape index (κ3) is 5.21. The van der Waals surface area contributed by atoms with E-state index in [0.29, 0.717) is 13.0 Å². The maximum Gasteiger partial charge on any atom is 0.211 e. The molecule has 0 aliphatic carbocycles. The average molecular weight is 305 g/mol. The molecule has 0 fully saturated rings. The van der Waals surface area contributed by atoms with Gasteiger partial charge in [0.25, 0.3) is 0 Å². The summed E-state index contributed by atoms with van der Waals surface area (Å²) in [6.45, 7) is 2.03. The molecule has 0 amide bonds. The number of hydrogen-bond acceptors (Lipinski definition) is 3. The van der Waals surface area contributed by atoms with Crippen molar-refractivity contribution < 1.29 is 13.2 Å². The van der Waals surface area contributed by atoms with Crippen LogP contribution in [0.15, 0.2) is 54.6 Å². The lowest BCUT2D eigenvalue weighted by Crippen LogP contribution is -2.27. The Kier molecular flexibility index (Phi) is 5.36. The maximum absolute atomic E-state index is 11.3. The zero-order valence-electron chi connectivity index (χ0n) is 12.0. The molecule has 2 aromatic rings. The van der Waals surface area contributed by atoms with Crippen molar-refractivity contribution in [3.8, 4) is 11.5 Å². The molecule has 1 N–H and O–H groups in total. The van der Waals surface area contributed by atoms with Crippen molar-refractivity contribution in [1.29, 1.82) is 0 Å². The number of rotatable bonds is 7. The number of nitrogens with one attached hydrogen (secondary N) is 1. The van der Waals surface area contributed by atoms with Crippen LogP contribution in [-0.2, 0) is 16.4 Å². The summed E-state index contributed by atoms with van der Waals surface area (Å²) in [4.78, 5) is 0. The highest BCUT2D eigenvalue weighted by molar-refractivity contribution is 7.89. The van der Waals surface area contributed by atoms with Crippen LogP contribution in [-0.4, -0.2) is 20.7 Å². The van der Waals surface area contributed by atoms with E-state index in [1.165, 1.54) is 0 Å². The van der Waals surface area contributed by atoms with E-state index in [4.69, 9.17) is 4.74 Å². The highest BCUT2D eigenvalue weighted by Crippen LogP contribution is 2.21. The minimum absolute atomic E-state index is 0.108. The van der Waals surface area contributed by atoms with E-state index in [-0.39, 0.29) is 5.75 Å². The van der Waals surface area contributed by atoms with Crippen LogP contribution in [0.5, 0.6) is 11.5 Å². The van der Waals surface area contributed by atoms with Crippen LogP contribution in [0.1, 0.15) is 12.5 Å². The predicted molar refractivity (Wildman–Crippen MR) is 84.1 cm³/mol. The Morgan fingerprint density at radius 3 is 2.19 bits per heavy atom. The van der Waals surface area contributed by atoms with Crippen LogP contribution in [0.2, 0.25) is 0 Å². The van der Waals surface area contributed by atoms with E-state index in [9.17, 15) is 8.42 Å². The number of ether oxygens (including phenoxy) is 1. The number of benzene rings is 2. The highest BCUT2D eigenvalue weighted by atomic mass is 32.2. The molecule has 0 bridgehead atoms. The van der Waals surface area contributed by atoms with Gasteiger partial charge in [-0.3, -0.25) is 0 Å². The quantitative estimate of drug-likeness (QED) is 0.855. The van der Waals surface area contributed by atoms with Crippen LogP contribution in [0.4, 0.5) is 0 Å². The Hall–Kier alpha value is -1.85. The number of hydrogen-bond donors (Lipinski definition) is 1. The Labute approximate surface area is 125 Å². The molecule has 0 aliphatic rings. The highest BCUT2D eigenvalue weighted by Gasteiger charge is 2.05. The molecule has 21 heavy (non-hydrogen) atoms. The zero-order chi connectivity index (χ0) is 15.1. The first-order chi connectivity index (χ1) is 10.1. The SMILES string of the molecule is CCS(=O)(=O)NCCc1ccc(Oc2ccccc2)cc1. The van der Waals surface area contributed by atoms with Crippen LogP contribution in [0.3, 0.4) is 0 Å². The molecule has 0 heterocycles. The van der Waals surface area contributed by atoms with Gasteiger partial charge in [0, 0.05) is 6.54 Å². The van der Waals surface area contributed by atoms with Crippen LogP contribution < -0.4 is 9.46 Å². The molecule has 0 unspecified atom stereocenters. The summed E-state index contributed by atoms with van der Waals surface area (Å²) in [7, 11) is -3.11. The largest absolute Gasteiger partial charge is 0.457 e. The molecule has 4 nitrogen and oxygen atoms in total. The van der Waals surface area contributed by atoms with Gasteiger partial charge in [-0.25, -0.2) is 13.1 Å². The zero-order valence-corrected chi connectivity index (χ0v) is 12.8. The summed E-state index contributed by atoms with van der Waals surface area (Å²) in [5, 5.41) is 0. The summed E-state index contributed by atoms with van der Waals surface area (Å²) in [6.07, 6.45) is 0.658. The summed E-state index contributed by atoms with van der Waals surface area (Å²) >= 11 is 0. The van der Waals surface area contributed by atoms with E-state index in [1.54, 1.807) is 6.92 Å². The minimum Gasteiger partial charge on any atom is -0.457 e. The molecule has 0 saturated carbocycles. The van der Waals surface area contributed by atoms with Crippen molar-refractivity contribution in [2.24, 2.45) is 0 Å². The molecule has 2 rings (SSSR count). The van der Waals surface area contributed by atoms with Gasteiger partial charge in [-0.1, -0.05) is 30.3 Å². The van der Waals surface area contributed by atoms with Gasteiger partial charge in [-0.05, 0) is 43.2 Å². The molecule has 0 spiro atoms. The minimum atomic E-state index is -3.11. The fourth-order valence-corrected chi connectivity index (χ4v) is 2.42. The maximum atomic E-state index is 11.3. The monoisotopic (exact) mass is 305 g/mol.